The summed E-state index contributed by atoms with van der Waals surface area (Å²) in [7, 11) is 0. The summed E-state index contributed by atoms with van der Waals surface area (Å²) < 4.78 is 0. The van der Waals surface area contributed by atoms with Gasteiger partial charge in [-0.3, -0.25) is 4.79 Å². The normalized spacial score (nSPS) is 18.5. The molecule has 1 aliphatic rings. The highest BCUT2D eigenvalue weighted by molar-refractivity contribution is 5.66. The Labute approximate surface area is 142 Å². The highest BCUT2D eigenvalue weighted by Crippen LogP contribution is 2.43. The van der Waals surface area contributed by atoms with Crippen LogP contribution in [0.5, 0.6) is 0 Å². The Hall–Kier alpha value is -0.830. The SMILES string of the molecule is CCCCCCC(O)/C=C/C1(CCCCCC(=O)O)CCCC1. The highest BCUT2D eigenvalue weighted by Gasteiger charge is 2.30. The van der Waals surface area contributed by atoms with E-state index in [4.69, 9.17) is 5.11 Å². The maximum absolute atomic E-state index is 10.5. The van der Waals surface area contributed by atoms with Gasteiger partial charge in [0.2, 0.25) is 0 Å². The summed E-state index contributed by atoms with van der Waals surface area (Å²) in [5, 5.41) is 18.8. The van der Waals surface area contributed by atoms with E-state index in [1.54, 1.807) is 0 Å². The maximum Gasteiger partial charge on any atom is 0.303 e. The summed E-state index contributed by atoms with van der Waals surface area (Å²) in [5.74, 6) is -0.688. The van der Waals surface area contributed by atoms with Gasteiger partial charge >= 0.3 is 5.97 Å². The zero-order chi connectivity index (χ0) is 17.0. The maximum atomic E-state index is 10.5. The summed E-state index contributed by atoms with van der Waals surface area (Å²) in [6.07, 6.45) is 19.1. The molecule has 3 heteroatoms. The third-order valence-corrected chi connectivity index (χ3v) is 5.19. The van der Waals surface area contributed by atoms with E-state index >= 15 is 0 Å². The van der Waals surface area contributed by atoms with Crippen LogP contribution in [0.3, 0.4) is 0 Å². The fourth-order valence-corrected chi connectivity index (χ4v) is 3.70. The van der Waals surface area contributed by atoms with Gasteiger partial charge in [0.25, 0.3) is 0 Å². The third kappa shape index (κ3) is 9.14. The molecule has 0 spiro atoms. The molecule has 0 heterocycles. The molecule has 1 saturated carbocycles. The van der Waals surface area contributed by atoms with Gasteiger partial charge in [-0.15, -0.1) is 0 Å². The molecule has 0 radical (unpaired) electrons. The number of unbranched alkanes of at least 4 members (excludes halogenated alkanes) is 5. The number of aliphatic carboxylic acids is 1. The summed E-state index contributed by atoms with van der Waals surface area (Å²) in [5.41, 5.74) is 0.271. The standard InChI is InChI=1S/C20H36O3/c1-2-3-4-6-11-18(21)13-17-20(15-9-10-16-20)14-8-5-7-12-19(22)23/h13,17-18,21H,2-12,14-16H2,1H3,(H,22,23)/b17-13+. The zero-order valence-electron chi connectivity index (χ0n) is 14.9. The zero-order valence-corrected chi connectivity index (χ0v) is 14.9. The van der Waals surface area contributed by atoms with Crippen LogP contribution in [0, 0.1) is 5.41 Å². The van der Waals surface area contributed by atoms with Gasteiger partial charge in [0.05, 0.1) is 6.10 Å². The van der Waals surface area contributed by atoms with Crippen molar-refractivity contribution in [3.63, 3.8) is 0 Å². The Morgan fingerprint density at radius 1 is 1.09 bits per heavy atom. The lowest BCUT2D eigenvalue weighted by Crippen LogP contribution is -2.14. The average Bonchev–Trinajstić information content (AvgIpc) is 2.98. The molecule has 0 aliphatic heterocycles. The molecule has 23 heavy (non-hydrogen) atoms. The third-order valence-electron chi connectivity index (χ3n) is 5.19. The lowest BCUT2D eigenvalue weighted by molar-refractivity contribution is -0.137. The summed E-state index contributed by atoms with van der Waals surface area (Å²) in [4.78, 5) is 10.5. The fraction of sp³-hybridized carbons (Fsp3) is 0.850. The van der Waals surface area contributed by atoms with Crippen molar-refractivity contribution in [1.82, 2.24) is 0 Å². The number of aliphatic hydroxyl groups excluding tert-OH is 1. The first-order chi connectivity index (χ1) is 11.1. The van der Waals surface area contributed by atoms with Crippen LogP contribution in [0.15, 0.2) is 12.2 Å². The molecule has 1 unspecified atom stereocenters. The van der Waals surface area contributed by atoms with E-state index in [0.717, 1.165) is 38.5 Å². The van der Waals surface area contributed by atoms with E-state index in [0.29, 0.717) is 6.42 Å². The second-order valence-corrected chi connectivity index (χ2v) is 7.30. The molecule has 0 amide bonds. The second kappa shape index (κ2) is 11.7. The number of hydrogen-bond donors (Lipinski definition) is 2. The molecule has 0 aromatic heterocycles. The van der Waals surface area contributed by atoms with Crippen LogP contribution in [0.25, 0.3) is 0 Å². The van der Waals surface area contributed by atoms with Crippen molar-refractivity contribution in [1.29, 1.82) is 0 Å². The molecule has 1 atom stereocenters. The van der Waals surface area contributed by atoms with Crippen LogP contribution in [-0.4, -0.2) is 22.3 Å². The Morgan fingerprint density at radius 3 is 2.43 bits per heavy atom. The first-order valence-electron chi connectivity index (χ1n) is 9.67. The lowest BCUT2D eigenvalue weighted by atomic mass is 9.80. The van der Waals surface area contributed by atoms with Gasteiger partial charge < -0.3 is 10.2 Å². The molecule has 2 N–H and O–H groups in total. The smallest absolute Gasteiger partial charge is 0.303 e. The molecule has 3 nitrogen and oxygen atoms in total. The van der Waals surface area contributed by atoms with Gasteiger partial charge in [-0.25, -0.2) is 0 Å². The predicted molar refractivity (Wildman–Crippen MR) is 95.5 cm³/mol. The lowest BCUT2D eigenvalue weighted by Gasteiger charge is -2.25. The topological polar surface area (TPSA) is 57.5 Å². The van der Waals surface area contributed by atoms with Gasteiger partial charge in [-0.1, -0.05) is 70.4 Å². The largest absolute Gasteiger partial charge is 0.481 e. The van der Waals surface area contributed by atoms with Gasteiger partial charge in [-0.05, 0) is 37.5 Å². The van der Waals surface area contributed by atoms with Gasteiger partial charge in [-0.2, -0.15) is 0 Å². The van der Waals surface area contributed by atoms with E-state index in [1.165, 1.54) is 44.9 Å². The molecule has 134 valence electrons. The van der Waals surface area contributed by atoms with E-state index in [-0.39, 0.29) is 11.5 Å². The Morgan fingerprint density at radius 2 is 1.78 bits per heavy atom. The fourth-order valence-electron chi connectivity index (χ4n) is 3.70. The van der Waals surface area contributed by atoms with Crippen LogP contribution in [-0.2, 0) is 4.79 Å². The van der Waals surface area contributed by atoms with Crippen LogP contribution < -0.4 is 0 Å². The number of hydrogen-bond acceptors (Lipinski definition) is 2. The van der Waals surface area contributed by atoms with Crippen LogP contribution in [0.1, 0.15) is 96.8 Å². The monoisotopic (exact) mass is 324 g/mol. The molecule has 0 saturated heterocycles. The van der Waals surface area contributed by atoms with E-state index in [1.807, 2.05) is 6.08 Å². The molecule has 0 aromatic rings. The number of aliphatic hydroxyl groups is 1. The van der Waals surface area contributed by atoms with Crippen molar-refractivity contribution in [3.05, 3.63) is 12.2 Å². The minimum absolute atomic E-state index is 0.271. The van der Waals surface area contributed by atoms with Crippen LogP contribution in [0.2, 0.25) is 0 Å². The Balaban J connectivity index is 2.31. The summed E-state index contributed by atoms with van der Waals surface area (Å²) in [6.45, 7) is 2.21. The number of rotatable bonds is 13. The number of allylic oxidation sites excluding steroid dienone is 1. The Bertz CT molecular complexity index is 343. The molecular weight excluding hydrogens is 288 g/mol. The quantitative estimate of drug-likeness (QED) is 0.349. The van der Waals surface area contributed by atoms with Crippen LogP contribution >= 0.6 is 0 Å². The average molecular weight is 325 g/mol. The number of carboxylic acids is 1. The first kappa shape index (κ1) is 20.2. The van der Waals surface area contributed by atoms with Gasteiger partial charge in [0.15, 0.2) is 0 Å². The predicted octanol–water partition coefficient (Wildman–Crippen LogP) is 5.47. The highest BCUT2D eigenvalue weighted by atomic mass is 16.4. The van der Waals surface area contributed by atoms with E-state index in [2.05, 4.69) is 13.0 Å². The molecule has 1 aliphatic carbocycles. The number of carbonyl (C=O) groups is 1. The first-order valence-corrected chi connectivity index (χ1v) is 9.67. The molecule has 0 aromatic carbocycles. The van der Waals surface area contributed by atoms with E-state index in [9.17, 15) is 9.90 Å². The van der Waals surface area contributed by atoms with Gasteiger partial charge in [0.1, 0.15) is 0 Å². The summed E-state index contributed by atoms with van der Waals surface area (Å²) >= 11 is 0. The van der Waals surface area contributed by atoms with Crippen molar-refractivity contribution < 1.29 is 15.0 Å². The van der Waals surface area contributed by atoms with Crippen molar-refractivity contribution in [2.45, 2.75) is 103 Å². The molecule has 1 fully saturated rings. The minimum Gasteiger partial charge on any atom is -0.481 e. The van der Waals surface area contributed by atoms with Crippen molar-refractivity contribution >= 4 is 5.97 Å². The van der Waals surface area contributed by atoms with Crippen LogP contribution in [0.4, 0.5) is 0 Å². The van der Waals surface area contributed by atoms with E-state index < -0.39 is 5.97 Å². The van der Waals surface area contributed by atoms with Gasteiger partial charge in [0, 0.05) is 6.42 Å². The molecule has 0 bridgehead atoms. The second-order valence-electron chi connectivity index (χ2n) is 7.30. The van der Waals surface area contributed by atoms with Crippen molar-refractivity contribution in [3.8, 4) is 0 Å². The van der Waals surface area contributed by atoms with Crippen molar-refractivity contribution in [2.75, 3.05) is 0 Å². The molecule has 1 rings (SSSR count). The summed E-state index contributed by atoms with van der Waals surface area (Å²) in [6, 6.07) is 0. The Kier molecular flexibility index (Phi) is 10.3. The van der Waals surface area contributed by atoms with Crippen molar-refractivity contribution in [2.24, 2.45) is 5.41 Å². The number of carboxylic acid groups (broad SMARTS) is 1. The molecular formula is C20H36O3. The minimum atomic E-state index is -0.688.